The fraction of sp³-hybridized carbons (Fsp3) is 0.297. The van der Waals surface area contributed by atoms with Crippen LogP contribution in [-0.4, -0.2) is 43.3 Å². The highest BCUT2D eigenvalue weighted by atomic mass is 32.2. The SMILES string of the molecule is Cc1cccc(CN(C(=O)CN(c2cc(C)ccc2C)S(=O)(=O)c2ccccc2)[C@@H](Cc2ccccc2)C(=O)NC(C)(C)C)c1. The lowest BCUT2D eigenvalue weighted by atomic mass is 10.0. The first-order chi connectivity index (χ1) is 21.2. The minimum Gasteiger partial charge on any atom is -0.350 e. The van der Waals surface area contributed by atoms with E-state index >= 15 is 0 Å². The highest BCUT2D eigenvalue weighted by Crippen LogP contribution is 2.29. The summed E-state index contributed by atoms with van der Waals surface area (Å²) in [4.78, 5) is 30.2. The first-order valence-electron chi connectivity index (χ1n) is 15.1. The summed E-state index contributed by atoms with van der Waals surface area (Å²) in [5.74, 6) is -0.793. The Hall–Kier alpha value is -4.43. The van der Waals surface area contributed by atoms with E-state index in [1.165, 1.54) is 21.3 Å². The van der Waals surface area contributed by atoms with Crippen LogP contribution >= 0.6 is 0 Å². The largest absolute Gasteiger partial charge is 0.350 e. The number of hydrogen-bond donors (Lipinski definition) is 1. The van der Waals surface area contributed by atoms with Gasteiger partial charge in [0.15, 0.2) is 0 Å². The van der Waals surface area contributed by atoms with E-state index in [2.05, 4.69) is 5.32 Å². The van der Waals surface area contributed by atoms with E-state index in [1.807, 2.05) is 108 Å². The molecule has 0 aliphatic heterocycles. The van der Waals surface area contributed by atoms with Crippen molar-refractivity contribution in [1.82, 2.24) is 10.2 Å². The summed E-state index contributed by atoms with van der Waals surface area (Å²) < 4.78 is 29.6. The molecule has 0 aliphatic carbocycles. The van der Waals surface area contributed by atoms with Crippen molar-refractivity contribution < 1.29 is 18.0 Å². The minimum absolute atomic E-state index is 0.0789. The third-order valence-electron chi connectivity index (χ3n) is 7.45. The van der Waals surface area contributed by atoms with Crippen molar-refractivity contribution in [2.45, 2.75) is 71.0 Å². The van der Waals surface area contributed by atoms with Crippen molar-refractivity contribution in [3.05, 3.63) is 131 Å². The molecule has 45 heavy (non-hydrogen) atoms. The molecule has 1 atom stereocenters. The predicted octanol–water partition coefficient (Wildman–Crippen LogP) is 6.36. The number of carbonyl (C=O) groups excluding carboxylic acids is 2. The lowest BCUT2D eigenvalue weighted by Gasteiger charge is -2.35. The zero-order chi connectivity index (χ0) is 32.8. The van der Waals surface area contributed by atoms with Crippen LogP contribution in [-0.2, 0) is 32.6 Å². The van der Waals surface area contributed by atoms with Gasteiger partial charge in [-0.05, 0) is 82.0 Å². The number of rotatable bonds is 11. The molecule has 0 heterocycles. The summed E-state index contributed by atoms with van der Waals surface area (Å²) in [6, 6.07) is 30.1. The van der Waals surface area contributed by atoms with Gasteiger partial charge in [-0.25, -0.2) is 8.42 Å². The van der Waals surface area contributed by atoms with E-state index in [1.54, 1.807) is 24.3 Å². The van der Waals surface area contributed by atoms with Crippen LogP contribution in [0, 0.1) is 20.8 Å². The van der Waals surface area contributed by atoms with E-state index in [9.17, 15) is 18.0 Å². The molecule has 4 aromatic rings. The fourth-order valence-electron chi connectivity index (χ4n) is 5.24. The molecule has 8 heteroatoms. The number of aryl methyl sites for hydroxylation is 3. The van der Waals surface area contributed by atoms with Gasteiger partial charge in [-0.2, -0.15) is 0 Å². The van der Waals surface area contributed by atoms with Crippen LogP contribution in [0.25, 0.3) is 0 Å². The molecule has 0 fully saturated rings. The molecule has 4 aromatic carbocycles. The van der Waals surface area contributed by atoms with Gasteiger partial charge in [-0.1, -0.05) is 90.5 Å². The van der Waals surface area contributed by atoms with E-state index in [0.717, 1.165) is 22.3 Å². The maximum atomic E-state index is 14.6. The molecule has 4 rings (SSSR count). The first kappa shape index (κ1) is 33.5. The average Bonchev–Trinajstić information content (AvgIpc) is 2.99. The van der Waals surface area contributed by atoms with Gasteiger partial charge in [0.1, 0.15) is 12.6 Å². The number of carbonyl (C=O) groups is 2. The highest BCUT2D eigenvalue weighted by Gasteiger charge is 2.36. The number of benzene rings is 4. The Bertz CT molecular complexity index is 1730. The molecule has 2 amide bonds. The number of hydrogen-bond acceptors (Lipinski definition) is 4. The zero-order valence-electron chi connectivity index (χ0n) is 26.9. The quantitative estimate of drug-likeness (QED) is 0.210. The molecule has 0 bridgehead atoms. The molecule has 0 radical (unpaired) electrons. The van der Waals surface area contributed by atoms with Crippen molar-refractivity contribution in [2.75, 3.05) is 10.8 Å². The van der Waals surface area contributed by atoms with Gasteiger partial charge >= 0.3 is 0 Å². The molecular weight excluding hydrogens is 582 g/mol. The summed E-state index contributed by atoms with van der Waals surface area (Å²) in [5.41, 5.74) is 4.18. The number of sulfonamides is 1. The molecule has 0 spiro atoms. The minimum atomic E-state index is -4.15. The molecule has 0 aliphatic rings. The molecule has 1 N–H and O–H groups in total. The smallest absolute Gasteiger partial charge is 0.264 e. The van der Waals surface area contributed by atoms with Crippen LogP contribution in [0.2, 0.25) is 0 Å². The molecule has 7 nitrogen and oxygen atoms in total. The van der Waals surface area contributed by atoms with Gasteiger partial charge in [0.05, 0.1) is 10.6 Å². The topological polar surface area (TPSA) is 86.8 Å². The number of nitrogens with zero attached hydrogens (tertiary/aromatic N) is 2. The van der Waals surface area contributed by atoms with E-state index in [-0.39, 0.29) is 23.8 Å². The molecule has 0 unspecified atom stereocenters. The third-order valence-corrected chi connectivity index (χ3v) is 9.22. The van der Waals surface area contributed by atoms with Crippen molar-refractivity contribution >= 4 is 27.5 Å². The lowest BCUT2D eigenvalue weighted by molar-refractivity contribution is -0.140. The molecule has 0 saturated heterocycles. The van der Waals surface area contributed by atoms with Crippen LogP contribution in [0.4, 0.5) is 5.69 Å². The van der Waals surface area contributed by atoms with Gasteiger partial charge in [0.25, 0.3) is 10.0 Å². The molecule has 0 saturated carbocycles. The standard InChI is InChI=1S/C37H43N3O4S/c1-27-14-13-17-31(22-27)25-39(34(36(42)38-37(4,5)6)24-30-15-9-7-10-16-30)35(41)26-40(33-23-28(2)20-21-29(33)3)45(43,44)32-18-11-8-12-19-32/h7-23,34H,24-26H2,1-6H3,(H,38,42)/t34-/m0/s1. The fourth-order valence-corrected chi connectivity index (χ4v) is 6.73. The zero-order valence-corrected chi connectivity index (χ0v) is 27.8. The van der Waals surface area contributed by atoms with Crippen molar-refractivity contribution in [3.63, 3.8) is 0 Å². The van der Waals surface area contributed by atoms with Gasteiger partial charge in [-0.3, -0.25) is 13.9 Å². The summed E-state index contributed by atoms with van der Waals surface area (Å²) >= 11 is 0. The van der Waals surface area contributed by atoms with E-state index in [4.69, 9.17) is 0 Å². The van der Waals surface area contributed by atoms with E-state index < -0.39 is 34.1 Å². The molecular formula is C37H43N3O4S. The number of anilines is 1. The van der Waals surface area contributed by atoms with Gasteiger partial charge < -0.3 is 10.2 Å². The summed E-state index contributed by atoms with van der Waals surface area (Å²) in [5, 5.41) is 3.06. The van der Waals surface area contributed by atoms with Crippen LogP contribution in [0.3, 0.4) is 0 Å². The first-order valence-corrected chi connectivity index (χ1v) is 16.5. The number of nitrogens with one attached hydrogen (secondary N) is 1. The summed E-state index contributed by atoms with van der Waals surface area (Å²) in [7, 11) is -4.15. The Kier molecular flexibility index (Phi) is 10.5. The van der Waals surface area contributed by atoms with Crippen molar-refractivity contribution in [2.24, 2.45) is 0 Å². The second kappa shape index (κ2) is 14.1. The Balaban J connectivity index is 1.84. The average molecular weight is 626 g/mol. The summed E-state index contributed by atoms with van der Waals surface area (Å²) in [6.45, 7) is 11.0. The second-order valence-electron chi connectivity index (χ2n) is 12.6. The maximum absolute atomic E-state index is 14.6. The summed E-state index contributed by atoms with van der Waals surface area (Å²) in [6.07, 6.45) is 0.259. The lowest BCUT2D eigenvalue weighted by Crippen LogP contribution is -2.56. The van der Waals surface area contributed by atoms with E-state index in [0.29, 0.717) is 11.3 Å². The van der Waals surface area contributed by atoms with Gasteiger partial charge in [0, 0.05) is 18.5 Å². The molecule has 236 valence electrons. The number of amides is 2. The van der Waals surface area contributed by atoms with Crippen molar-refractivity contribution in [3.8, 4) is 0 Å². The normalized spacial score (nSPS) is 12.3. The van der Waals surface area contributed by atoms with Gasteiger partial charge in [0.2, 0.25) is 11.8 Å². The van der Waals surface area contributed by atoms with Crippen LogP contribution in [0.1, 0.15) is 48.6 Å². The van der Waals surface area contributed by atoms with Gasteiger partial charge in [-0.15, -0.1) is 0 Å². The monoisotopic (exact) mass is 625 g/mol. The Morgan fingerprint density at radius 3 is 1.98 bits per heavy atom. The third kappa shape index (κ3) is 8.82. The van der Waals surface area contributed by atoms with Crippen LogP contribution in [0.15, 0.2) is 108 Å². The maximum Gasteiger partial charge on any atom is 0.264 e. The Morgan fingerprint density at radius 1 is 0.756 bits per heavy atom. The van der Waals surface area contributed by atoms with Crippen LogP contribution in [0.5, 0.6) is 0 Å². The Morgan fingerprint density at radius 2 is 1.36 bits per heavy atom. The second-order valence-corrected chi connectivity index (χ2v) is 14.4. The van der Waals surface area contributed by atoms with Crippen LogP contribution < -0.4 is 9.62 Å². The highest BCUT2D eigenvalue weighted by molar-refractivity contribution is 7.92. The predicted molar refractivity (Wildman–Crippen MR) is 180 cm³/mol. The molecule has 0 aromatic heterocycles. The van der Waals surface area contributed by atoms with Crippen molar-refractivity contribution in [1.29, 1.82) is 0 Å². The Labute approximate surface area is 268 Å².